The number of nitrogens with zero attached hydrogens (tertiary/aromatic N) is 4. The first-order valence-electron chi connectivity index (χ1n) is 12.5. The number of hydrogen-bond donors (Lipinski definition) is 0. The van der Waals surface area contributed by atoms with Crippen molar-refractivity contribution in [2.24, 2.45) is 0 Å². The molecule has 0 aliphatic rings. The Balaban J connectivity index is 1.65. The van der Waals surface area contributed by atoms with Crippen molar-refractivity contribution in [2.45, 2.75) is 32.0 Å². The summed E-state index contributed by atoms with van der Waals surface area (Å²) in [6.07, 6.45) is -2.93. The Bertz CT molecular complexity index is 1740. The van der Waals surface area contributed by atoms with Crippen LogP contribution in [0.3, 0.4) is 0 Å². The van der Waals surface area contributed by atoms with Gasteiger partial charge in [0.1, 0.15) is 5.82 Å². The van der Waals surface area contributed by atoms with Crippen LogP contribution >= 0.6 is 0 Å². The third kappa shape index (κ3) is 4.97. The number of fused-ring (bicyclic) bond motifs is 1. The zero-order valence-corrected chi connectivity index (χ0v) is 22.3. The van der Waals surface area contributed by atoms with Crippen molar-refractivity contribution in [1.29, 1.82) is 0 Å². The van der Waals surface area contributed by atoms with E-state index in [1.807, 2.05) is 44.2 Å². The maximum Gasteiger partial charge on any atom is 0.416 e. The monoisotopic (exact) mass is 550 g/mol. The number of anilines is 1. The predicted molar refractivity (Wildman–Crippen MR) is 145 cm³/mol. The smallest absolute Gasteiger partial charge is 0.375 e. The van der Waals surface area contributed by atoms with Gasteiger partial charge < -0.3 is 14.0 Å². The molecular weight excluding hydrogens is 524 g/mol. The molecule has 0 amide bonds. The number of alkyl halides is 3. The van der Waals surface area contributed by atoms with Crippen LogP contribution in [0.15, 0.2) is 82.2 Å². The largest absolute Gasteiger partial charge is 0.416 e. The topological polar surface area (TPSA) is 64.2 Å². The van der Waals surface area contributed by atoms with Crippen molar-refractivity contribution in [1.82, 2.24) is 14.7 Å². The minimum absolute atomic E-state index is 0.0316. The fourth-order valence-electron chi connectivity index (χ4n) is 4.59. The number of benzene rings is 3. The van der Waals surface area contributed by atoms with Gasteiger partial charge in [-0.15, -0.1) is 0 Å². The molecule has 0 atom stereocenters. The van der Waals surface area contributed by atoms with Crippen LogP contribution in [0.4, 0.5) is 23.2 Å². The number of aromatic nitrogens is 3. The van der Waals surface area contributed by atoms with Crippen molar-refractivity contribution in [3.05, 3.63) is 112 Å². The molecule has 0 unspecified atom stereocenters. The van der Waals surface area contributed by atoms with Crippen LogP contribution in [-0.4, -0.2) is 28.8 Å². The van der Waals surface area contributed by atoms with Gasteiger partial charge in [-0.2, -0.15) is 18.2 Å². The first-order chi connectivity index (χ1) is 18.9. The van der Waals surface area contributed by atoms with Gasteiger partial charge in [0, 0.05) is 32.2 Å². The molecule has 0 N–H and O–H groups in total. The van der Waals surface area contributed by atoms with E-state index in [0.29, 0.717) is 11.1 Å². The predicted octanol–water partition coefficient (Wildman–Crippen LogP) is 6.65. The van der Waals surface area contributed by atoms with E-state index in [0.717, 1.165) is 23.8 Å². The molecule has 0 radical (unpaired) electrons. The molecule has 0 aliphatic carbocycles. The minimum Gasteiger partial charge on any atom is -0.375 e. The van der Waals surface area contributed by atoms with Crippen LogP contribution in [0, 0.1) is 5.82 Å². The van der Waals surface area contributed by atoms with E-state index in [-0.39, 0.29) is 34.9 Å². The van der Waals surface area contributed by atoms with Crippen molar-refractivity contribution >= 4 is 16.6 Å². The first kappa shape index (κ1) is 27.1. The van der Waals surface area contributed by atoms with Gasteiger partial charge in [0.2, 0.25) is 17.1 Å². The third-order valence-electron chi connectivity index (χ3n) is 6.96. The number of pyridine rings is 1. The van der Waals surface area contributed by atoms with E-state index >= 15 is 4.39 Å². The molecule has 0 saturated carbocycles. The van der Waals surface area contributed by atoms with Gasteiger partial charge in [-0.1, -0.05) is 47.6 Å². The standard InChI is InChI=1S/C30H26F4N4O2/c1-29(2,19-8-6-5-7-9-19)28-35-27(36-40-28)22-17-38(16-18-10-12-20(13-11-18)30(32,33)34)24-15-25(37(3)4)23(31)14-21(24)26(22)39/h5-15,17H,16H2,1-4H3. The Hall–Kier alpha value is -4.47. The lowest BCUT2D eigenvalue weighted by Gasteiger charge is -2.20. The maximum absolute atomic E-state index is 15.0. The van der Waals surface area contributed by atoms with Crippen molar-refractivity contribution < 1.29 is 22.1 Å². The molecule has 5 aromatic rings. The fourth-order valence-corrected chi connectivity index (χ4v) is 4.59. The quantitative estimate of drug-likeness (QED) is 0.222. The summed E-state index contributed by atoms with van der Waals surface area (Å²) < 4.78 is 61.5. The molecule has 6 nitrogen and oxygen atoms in total. The van der Waals surface area contributed by atoms with Crippen LogP contribution in [-0.2, 0) is 18.1 Å². The lowest BCUT2D eigenvalue weighted by atomic mass is 9.84. The minimum atomic E-state index is -4.46. The van der Waals surface area contributed by atoms with Gasteiger partial charge in [0.15, 0.2) is 0 Å². The summed E-state index contributed by atoms with van der Waals surface area (Å²) in [4.78, 5) is 19.7. The molecule has 10 heteroatoms. The van der Waals surface area contributed by atoms with Gasteiger partial charge in [0.25, 0.3) is 0 Å². The Morgan fingerprint density at radius 3 is 2.25 bits per heavy atom. The van der Waals surface area contributed by atoms with Crippen LogP contribution in [0.5, 0.6) is 0 Å². The highest BCUT2D eigenvalue weighted by molar-refractivity contribution is 5.86. The normalized spacial score (nSPS) is 12.2. The van der Waals surface area contributed by atoms with Crippen molar-refractivity contribution in [3.63, 3.8) is 0 Å². The van der Waals surface area contributed by atoms with Gasteiger partial charge in [0.05, 0.1) is 27.7 Å². The van der Waals surface area contributed by atoms with E-state index in [9.17, 15) is 18.0 Å². The molecule has 5 rings (SSSR count). The SMILES string of the molecule is CN(C)c1cc2c(cc1F)c(=O)c(-c1noc(C(C)(C)c3ccccc3)n1)cn2Cc1ccc(C(F)(F)F)cc1. The summed E-state index contributed by atoms with van der Waals surface area (Å²) in [5.74, 6) is -0.271. The van der Waals surface area contributed by atoms with E-state index < -0.39 is 28.4 Å². The van der Waals surface area contributed by atoms with E-state index in [1.165, 1.54) is 18.3 Å². The molecule has 206 valence electrons. The Labute approximate surface area is 227 Å². The second-order valence-electron chi connectivity index (χ2n) is 10.3. The molecule has 40 heavy (non-hydrogen) atoms. The third-order valence-corrected chi connectivity index (χ3v) is 6.96. The molecule has 0 fully saturated rings. The molecule has 0 spiro atoms. The summed E-state index contributed by atoms with van der Waals surface area (Å²) in [6.45, 7) is 3.95. The van der Waals surface area contributed by atoms with Gasteiger partial charge in [-0.25, -0.2) is 4.39 Å². The molecule has 2 aromatic heterocycles. The van der Waals surface area contributed by atoms with Crippen molar-refractivity contribution in [2.75, 3.05) is 19.0 Å². The van der Waals surface area contributed by atoms with Crippen LogP contribution in [0.25, 0.3) is 22.3 Å². The summed E-state index contributed by atoms with van der Waals surface area (Å²) in [6, 6.07) is 17.0. The van der Waals surface area contributed by atoms with E-state index in [1.54, 1.807) is 29.6 Å². The van der Waals surface area contributed by atoms with Gasteiger partial charge in [-0.3, -0.25) is 4.79 Å². The zero-order chi connectivity index (χ0) is 28.8. The molecule has 0 saturated heterocycles. The van der Waals surface area contributed by atoms with Gasteiger partial charge in [-0.05, 0) is 49.2 Å². The van der Waals surface area contributed by atoms with Crippen LogP contribution < -0.4 is 10.3 Å². The summed E-state index contributed by atoms with van der Waals surface area (Å²) in [5, 5.41) is 4.16. The Morgan fingerprint density at radius 1 is 0.950 bits per heavy atom. The zero-order valence-electron chi connectivity index (χ0n) is 22.3. The van der Waals surface area contributed by atoms with E-state index in [4.69, 9.17) is 4.52 Å². The molecule has 3 aromatic carbocycles. The van der Waals surface area contributed by atoms with Crippen LogP contribution in [0.1, 0.15) is 36.4 Å². The van der Waals surface area contributed by atoms with Gasteiger partial charge >= 0.3 is 6.18 Å². The lowest BCUT2D eigenvalue weighted by Crippen LogP contribution is -2.19. The lowest BCUT2D eigenvalue weighted by molar-refractivity contribution is -0.137. The van der Waals surface area contributed by atoms with Crippen LogP contribution in [0.2, 0.25) is 0 Å². The molecular formula is C30H26F4N4O2. The first-order valence-corrected chi connectivity index (χ1v) is 12.5. The second-order valence-corrected chi connectivity index (χ2v) is 10.3. The average Bonchev–Trinajstić information content (AvgIpc) is 3.41. The second kappa shape index (κ2) is 9.93. The number of halogens is 4. The highest BCUT2D eigenvalue weighted by Gasteiger charge is 2.31. The Morgan fingerprint density at radius 2 is 1.62 bits per heavy atom. The summed E-state index contributed by atoms with van der Waals surface area (Å²) in [7, 11) is 3.35. The Kier molecular flexibility index (Phi) is 6.73. The highest BCUT2D eigenvalue weighted by atomic mass is 19.4. The number of hydrogen-bond acceptors (Lipinski definition) is 5. The molecule has 2 heterocycles. The average molecular weight is 551 g/mol. The van der Waals surface area contributed by atoms with Crippen molar-refractivity contribution in [3.8, 4) is 11.4 Å². The summed E-state index contributed by atoms with van der Waals surface area (Å²) in [5.41, 5.74) is 0.316. The molecule has 0 bridgehead atoms. The molecule has 0 aliphatic heterocycles. The summed E-state index contributed by atoms with van der Waals surface area (Å²) >= 11 is 0. The fraction of sp³-hybridized carbons (Fsp3) is 0.233. The maximum atomic E-state index is 15.0. The van der Waals surface area contributed by atoms with E-state index in [2.05, 4.69) is 10.1 Å². The highest BCUT2D eigenvalue weighted by Crippen LogP contribution is 2.32. The number of rotatable bonds is 6.